The summed E-state index contributed by atoms with van der Waals surface area (Å²) in [5.41, 5.74) is 0. The molecule has 0 aromatic carbocycles. The van der Waals surface area contributed by atoms with Gasteiger partial charge in [0.05, 0.1) is 19.6 Å². The number of nitrogens with one attached hydrogen (secondary N) is 2. The monoisotopic (exact) mass is 269 g/mol. The number of amides is 2. The summed E-state index contributed by atoms with van der Waals surface area (Å²) >= 11 is 0. The molecule has 0 aromatic heterocycles. The number of hydrogen-bond acceptors (Lipinski definition) is 3. The highest BCUT2D eigenvalue weighted by Crippen LogP contribution is 2.11. The van der Waals surface area contributed by atoms with Crippen molar-refractivity contribution in [3.63, 3.8) is 0 Å². The normalized spacial score (nSPS) is 11.2. The van der Waals surface area contributed by atoms with Crippen molar-refractivity contribution in [3.8, 4) is 0 Å². The molecule has 0 aromatic rings. The van der Waals surface area contributed by atoms with Gasteiger partial charge in [-0.1, -0.05) is 6.92 Å². The number of carbonyl (C=O) groups excluding carboxylic acids is 2. The van der Waals surface area contributed by atoms with Gasteiger partial charge >= 0.3 is 6.18 Å². The van der Waals surface area contributed by atoms with E-state index in [-0.39, 0.29) is 12.5 Å². The third-order valence-electron chi connectivity index (χ3n) is 1.98. The lowest BCUT2D eigenvalue weighted by molar-refractivity contribution is -0.136. The number of halogens is 3. The lowest BCUT2D eigenvalue weighted by Gasteiger charge is -2.17. The van der Waals surface area contributed by atoms with Crippen LogP contribution in [0.15, 0.2) is 0 Å². The molecule has 0 spiro atoms. The van der Waals surface area contributed by atoms with Gasteiger partial charge in [-0.05, 0) is 6.42 Å². The quantitative estimate of drug-likeness (QED) is 0.690. The summed E-state index contributed by atoms with van der Waals surface area (Å²) in [6, 6.07) is 0. The number of rotatable bonds is 7. The summed E-state index contributed by atoms with van der Waals surface area (Å²) in [6.45, 7) is 0.557. The molecule has 8 heteroatoms. The van der Waals surface area contributed by atoms with Crippen molar-refractivity contribution in [1.82, 2.24) is 15.5 Å². The van der Waals surface area contributed by atoms with Crippen LogP contribution in [0.25, 0.3) is 0 Å². The average Bonchev–Trinajstić information content (AvgIpc) is 2.24. The maximum atomic E-state index is 11.8. The van der Waals surface area contributed by atoms with E-state index in [0.717, 1.165) is 11.3 Å². The van der Waals surface area contributed by atoms with Crippen LogP contribution in [0.5, 0.6) is 0 Å². The Hall–Kier alpha value is -1.31. The minimum atomic E-state index is -4.35. The predicted octanol–water partition coefficient (Wildman–Crippen LogP) is 0.123. The Labute approximate surface area is 104 Å². The fourth-order valence-electron chi connectivity index (χ4n) is 1.07. The zero-order chi connectivity index (χ0) is 14.2. The van der Waals surface area contributed by atoms with E-state index >= 15 is 0 Å². The van der Waals surface area contributed by atoms with Crippen molar-refractivity contribution >= 4 is 11.8 Å². The smallest absolute Gasteiger partial charge is 0.355 e. The Balaban J connectivity index is 3.86. The topological polar surface area (TPSA) is 61.4 Å². The van der Waals surface area contributed by atoms with Gasteiger partial charge in [0.25, 0.3) is 0 Å². The fraction of sp³-hybridized carbons (Fsp3) is 0.800. The van der Waals surface area contributed by atoms with E-state index in [2.05, 4.69) is 5.32 Å². The minimum Gasteiger partial charge on any atom is -0.355 e. The Bertz CT molecular complexity index is 282. The molecule has 0 saturated heterocycles. The van der Waals surface area contributed by atoms with Crippen LogP contribution < -0.4 is 10.6 Å². The van der Waals surface area contributed by atoms with Crippen LogP contribution in [-0.4, -0.2) is 56.1 Å². The van der Waals surface area contributed by atoms with Crippen LogP contribution in [0.3, 0.4) is 0 Å². The molecule has 2 amide bonds. The Morgan fingerprint density at radius 3 is 2.39 bits per heavy atom. The SMILES string of the molecule is CCCNC(=O)CN(C)C(=O)CNCC(F)(F)F. The second-order valence-electron chi connectivity index (χ2n) is 3.82. The first-order valence-corrected chi connectivity index (χ1v) is 5.54. The van der Waals surface area contributed by atoms with Gasteiger partial charge in [-0.3, -0.25) is 9.59 Å². The zero-order valence-electron chi connectivity index (χ0n) is 10.4. The lowest BCUT2D eigenvalue weighted by atomic mass is 10.4. The maximum Gasteiger partial charge on any atom is 0.401 e. The van der Waals surface area contributed by atoms with Gasteiger partial charge < -0.3 is 15.5 Å². The van der Waals surface area contributed by atoms with Crippen molar-refractivity contribution in [3.05, 3.63) is 0 Å². The third-order valence-corrected chi connectivity index (χ3v) is 1.98. The van der Waals surface area contributed by atoms with Crippen LogP contribution in [-0.2, 0) is 9.59 Å². The van der Waals surface area contributed by atoms with Gasteiger partial charge in [0.2, 0.25) is 11.8 Å². The zero-order valence-corrected chi connectivity index (χ0v) is 10.4. The van der Waals surface area contributed by atoms with Crippen LogP contribution in [0.2, 0.25) is 0 Å². The molecule has 0 bridgehead atoms. The molecule has 0 saturated carbocycles. The van der Waals surface area contributed by atoms with Crippen molar-refractivity contribution in [2.45, 2.75) is 19.5 Å². The molecule has 0 radical (unpaired) electrons. The van der Waals surface area contributed by atoms with E-state index in [1.807, 2.05) is 12.2 Å². The summed E-state index contributed by atoms with van der Waals surface area (Å²) in [4.78, 5) is 23.7. The maximum absolute atomic E-state index is 11.8. The molecular formula is C10H18F3N3O2. The highest BCUT2D eigenvalue weighted by Gasteiger charge is 2.26. The van der Waals surface area contributed by atoms with Crippen molar-refractivity contribution in [2.24, 2.45) is 0 Å². The molecule has 18 heavy (non-hydrogen) atoms. The molecule has 0 unspecified atom stereocenters. The first kappa shape index (κ1) is 16.7. The van der Waals surface area contributed by atoms with E-state index in [1.54, 1.807) is 0 Å². The molecule has 106 valence electrons. The number of nitrogens with zero attached hydrogens (tertiary/aromatic N) is 1. The van der Waals surface area contributed by atoms with Crippen molar-refractivity contribution in [2.75, 3.05) is 33.2 Å². The van der Waals surface area contributed by atoms with Gasteiger partial charge in [-0.25, -0.2) is 0 Å². The van der Waals surface area contributed by atoms with Gasteiger partial charge in [0.15, 0.2) is 0 Å². The predicted molar refractivity (Wildman–Crippen MR) is 59.9 cm³/mol. The molecular weight excluding hydrogens is 251 g/mol. The van der Waals surface area contributed by atoms with Crippen molar-refractivity contribution in [1.29, 1.82) is 0 Å². The molecule has 0 rings (SSSR count). The van der Waals surface area contributed by atoms with E-state index in [0.29, 0.717) is 6.54 Å². The largest absolute Gasteiger partial charge is 0.401 e. The van der Waals surface area contributed by atoms with Gasteiger partial charge in [-0.2, -0.15) is 13.2 Å². The molecule has 0 heterocycles. The highest BCUT2D eigenvalue weighted by atomic mass is 19.4. The average molecular weight is 269 g/mol. The lowest BCUT2D eigenvalue weighted by Crippen LogP contribution is -2.43. The van der Waals surface area contributed by atoms with Crippen LogP contribution in [0, 0.1) is 0 Å². The Kier molecular flexibility index (Phi) is 7.33. The summed E-state index contributed by atoms with van der Waals surface area (Å²) in [5, 5.41) is 4.54. The van der Waals surface area contributed by atoms with E-state index in [9.17, 15) is 22.8 Å². The summed E-state index contributed by atoms with van der Waals surface area (Å²) in [5.74, 6) is -0.894. The van der Waals surface area contributed by atoms with E-state index in [1.165, 1.54) is 7.05 Å². The minimum absolute atomic E-state index is 0.160. The standard InChI is InChI=1S/C10H18F3N3O2/c1-3-4-15-8(17)6-16(2)9(18)5-14-7-10(11,12)13/h14H,3-7H2,1-2H3,(H,15,17). The van der Waals surface area contributed by atoms with Gasteiger partial charge in [0.1, 0.15) is 0 Å². The molecule has 2 N–H and O–H groups in total. The summed E-state index contributed by atoms with van der Waals surface area (Å²) in [7, 11) is 1.36. The third kappa shape index (κ3) is 8.80. The van der Waals surface area contributed by atoms with Crippen LogP contribution in [0.4, 0.5) is 13.2 Å². The summed E-state index contributed by atoms with van der Waals surface area (Å²) < 4.78 is 35.4. The number of alkyl halides is 3. The number of likely N-dealkylation sites (N-methyl/N-ethyl adjacent to an activating group) is 1. The fourth-order valence-corrected chi connectivity index (χ4v) is 1.07. The molecule has 0 atom stereocenters. The first-order chi connectivity index (χ1) is 8.26. The summed E-state index contributed by atoms with van der Waals surface area (Å²) in [6.07, 6.45) is -3.58. The Morgan fingerprint density at radius 1 is 1.28 bits per heavy atom. The van der Waals surface area contributed by atoms with E-state index in [4.69, 9.17) is 0 Å². The molecule has 5 nitrogen and oxygen atoms in total. The molecule has 0 fully saturated rings. The van der Waals surface area contributed by atoms with Gasteiger partial charge in [0, 0.05) is 13.6 Å². The molecule has 0 aliphatic carbocycles. The first-order valence-electron chi connectivity index (χ1n) is 5.54. The highest BCUT2D eigenvalue weighted by molar-refractivity contribution is 5.85. The number of hydrogen-bond donors (Lipinski definition) is 2. The van der Waals surface area contributed by atoms with Crippen LogP contribution in [0.1, 0.15) is 13.3 Å². The number of carbonyl (C=O) groups is 2. The Morgan fingerprint density at radius 2 is 1.89 bits per heavy atom. The van der Waals surface area contributed by atoms with Gasteiger partial charge in [-0.15, -0.1) is 0 Å². The van der Waals surface area contributed by atoms with Crippen molar-refractivity contribution < 1.29 is 22.8 Å². The second kappa shape index (κ2) is 7.91. The second-order valence-corrected chi connectivity index (χ2v) is 3.82. The van der Waals surface area contributed by atoms with Crippen LogP contribution >= 0.6 is 0 Å². The van der Waals surface area contributed by atoms with E-state index < -0.39 is 25.2 Å². The molecule has 0 aliphatic rings. The molecule has 0 aliphatic heterocycles.